The van der Waals surface area contributed by atoms with E-state index in [0.717, 1.165) is 0 Å². The van der Waals surface area contributed by atoms with Crippen molar-refractivity contribution in [2.45, 2.75) is 6.92 Å². The van der Waals surface area contributed by atoms with E-state index >= 15 is 0 Å². The van der Waals surface area contributed by atoms with Crippen LogP contribution in [0, 0.1) is 6.92 Å². The Kier molecular flexibility index (Phi) is 5.06. The van der Waals surface area contributed by atoms with Gasteiger partial charge in [0.05, 0.1) is 28.3 Å². The summed E-state index contributed by atoms with van der Waals surface area (Å²) in [4.78, 5) is 24.0. The molecule has 114 valence electrons. The Morgan fingerprint density at radius 2 is 1.68 bits per heavy atom. The predicted molar refractivity (Wildman–Crippen MR) is 86.9 cm³/mol. The molecule has 2 aromatic rings. The number of esters is 1. The largest absolute Gasteiger partial charge is 0.465 e. The first kappa shape index (κ1) is 16.3. The molecule has 6 heteroatoms. The molecule has 0 aliphatic rings. The number of carbonyl (C=O) groups is 2. The third-order valence-corrected chi connectivity index (χ3v) is 4.00. The maximum Gasteiger partial charge on any atom is 0.338 e. The molecule has 2 aromatic carbocycles. The first-order valence-electron chi connectivity index (χ1n) is 6.39. The minimum Gasteiger partial charge on any atom is -0.465 e. The van der Waals surface area contributed by atoms with Gasteiger partial charge in [0.2, 0.25) is 0 Å². The molecule has 22 heavy (non-hydrogen) atoms. The summed E-state index contributed by atoms with van der Waals surface area (Å²) in [5.41, 5.74) is 1.76. The van der Waals surface area contributed by atoms with Gasteiger partial charge >= 0.3 is 5.97 Å². The van der Waals surface area contributed by atoms with Gasteiger partial charge in [-0.05, 0) is 36.8 Å². The number of hydrogen-bond acceptors (Lipinski definition) is 3. The lowest BCUT2D eigenvalue weighted by Gasteiger charge is -2.12. The van der Waals surface area contributed by atoms with Gasteiger partial charge in [-0.3, -0.25) is 4.79 Å². The zero-order valence-corrected chi connectivity index (χ0v) is 13.5. The van der Waals surface area contributed by atoms with E-state index in [4.69, 9.17) is 27.9 Å². The maximum atomic E-state index is 12.3. The molecule has 0 fully saturated rings. The number of nitrogens with one attached hydrogen (secondary N) is 1. The number of benzene rings is 2. The second kappa shape index (κ2) is 6.81. The first-order chi connectivity index (χ1) is 10.5. The van der Waals surface area contributed by atoms with E-state index in [1.807, 2.05) is 0 Å². The molecule has 0 atom stereocenters. The quantitative estimate of drug-likeness (QED) is 0.847. The van der Waals surface area contributed by atoms with E-state index in [-0.39, 0.29) is 10.6 Å². The van der Waals surface area contributed by atoms with Crippen LogP contribution in [0.25, 0.3) is 0 Å². The number of anilines is 1. The number of amides is 1. The molecule has 0 bridgehead atoms. The second-order valence-electron chi connectivity index (χ2n) is 4.53. The highest BCUT2D eigenvalue weighted by molar-refractivity contribution is 6.44. The van der Waals surface area contributed by atoms with Gasteiger partial charge in [-0.2, -0.15) is 0 Å². The van der Waals surface area contributed by atoms with E-state index in [1.54, 1.807) is 43.3 Å². The molecule has 0 radical (unpaired) electrons. The summed E-state index contributed by atoms with van der Waals surface area (Å²) in [6.07, 6.45) is 0. The Morgan fingerprint density at radius 3 is 2.36 bits per heavy atom. The molecule has 2 rings (SSSR count). The lowest BCUT2D eigenvalue weighted by atomic mass is 10.1. The summed E-state index contributed by atoms with van der Waals surface area (Å²) >= 11 is 11.9. The van der Waals surface area contributed by atoms with Crippen molar-refractivity contribution in [3.05, 3.63) is 63.1 Å². The zero-order chi connectivity index (χ0) is 16.3. The monoisotopic (exact) mass is 337 g/mol. The fraction of sp³-hybridized carbons (Fsp3) is 0.125. The molecule has 1 amide bonds. The first-order valence-corrected chi connectivity index (χ1v) is 7.14. The molecular weight excluding hydrogens is 325 g/mol. The van der Waals surface area contributed by atoms with Crippen molar-refractivity contribution < 1.29 is 14.3 Å². The highest BCUT2D eigenvalue weighted by Gasteiger charge is 2.16. The molecule has 0 aromatic heterocycles. The molecule has 0 aliphatic heterocycles. The molecule has 0 saturated heterocycles. The average molecular weight is 338 g/mol. The molecule has 0 aliphatic carbocycles. The topological polar surface area (TPSA) is 55.4 Å². The Balaban J connectivity index is 2.33. The number of halogens is 2. The third kappa shape index (κ3) is 3.24. The Labute approximate surface area is 138 Å². The number of ether oxygens (including phenoxy) is 1. The minimum atomic E-state index is -0.464. The van der Waals surface area contributed by atoms with E-state index in [9.17, 15) is 9.59 Å². The van der Waals surface area contributed by atoms with Crippen molar-refractivity contribution >= 4 is 40.8 Å². The van der Waals surface area contributed by atoms with E-state index in [2.05, 4.69) is 5.32 Å². The summed E-state index contributed by atoms with van der Waals surface area (Å²) < 4.78 is 4.71. The summed E-state index contributed by atoms with van der Waals surface area (Å²) in [6, 6.07) is 9.80. The van der Waals surface area contributed by atoms with Crippen LogP contribution >= 0.6 is 23.2 Å². The number of rotatable bonds is 3. The fourth-order valence-electron chi connectivity index (χ4n) is 1.97. The lowest BCUT2D eigenvalue weighted by Crippen LogP contribution is -2.15. The van der Waals surface area contributed by atoms with Gasteiger partial charge in [0.25, 0.3) is 5.91 Å². The van der Waals surface area contributed by atoms with E-state index in [1.165, 1.54) is 7.11 Å². The second-order valence-corrected chi connectivity index (χ2v) is 5.31. The Bertz CT molecular complexity index is 744. The Morgan fingerprint density at radius 1 is 1.05 bits per heavy atom. The highest BCUT2D eigenvalue weighted by Crippen LogP contribution is 2.27. The van der Waals surface area contributed by atoms with Gasteiger partial charge in [0.15, 0.2) is 0 Å². The lowest BCUT2D eigenvalue weighted by molar-refractivity contribution is 0.0599. The van der Waals surface area contributed by atoms with Crippen molar-refractivity contribution in [2.24, 2.45) is 0 Å². The zero-order valence-electron chi connectivity index (χ0n) is 11.9. The molecule has 0 spiro atoms. The van der Waals surface area contributed by atoms with Crippen LogP contribution < -0.4 is 5.32 Å². The normalized spacial score (nSPS) is 10.2. The van der Waals surface area contributed by atoms with Gasteiger partial charge in [-0.15, -0.1) is 0 Å². The van der Waals surface area contributed by atoms with Crippen molar-refractivity contribution in [3.8, 4) is 0 Å². The summed E-state index contributed by atoms with van der Waals surface area (Å²) in [5, 5.41) is 3.21. The number of methoxy groups -OCH3 is 1. The predicted octanol–water partition coefficient (Wildman–Crippen LogP) is 4.34. The van der Waals surface area contributed by atoms with Gasteiger partial charge in [0, 0.05) is 5.69 Å². The average Bonchev–Trinajstić information content (AvgIpc) is 2.51. The van der Waals surface area contributed by atoms with Crippen LogP contribution in [0.2, 0.25) is 10.0 Å². The van der Waals surface area contributed by atoms with Crippen molar-refractivity contribution in [3.63, 3.8) is 0 Å². The summed E-state index contributed by atoms with van der Waals surface area (Å²) in [6.45, 7) is 1.72. The van der Waals surface area contributed by atoms with E-state index in [0.29, 0.717) is 21.8 Å². The molecular formula is C16H13Cl2NO3. The van der Waals surface area contributed by atoms with Crippen molar-refractivity contribution in [1.29, 1.82) is 0 Å². The fourth-order valence-corrected chi connectivity index (χ4v) is 2.36. The molecule has 0 unspecified atom stereocenters. The number of carbonyl (C=O) groups excluding carboxylic acids is 2. The summed E-state index contributed by atoms with van der Waals surface area (Å²) in [5.74, 6) is -0.869. The van der Waals surface area contributed by atoms with Gasteiger partial charge in [-0.25, -0.2) is 4.79 Å². The molecule has 0 heterocycles. The minimum absolute atomic E-state index is 0.184. The van der Waals surface area contributed by atoms with Crippen LogP contribution in [0.3, 0.4) is 0 Å². The van der Waals surface area contributed by atoms with Crippen LogP contribution in [0.5, 0.6) is 0 Å². The van der Waals surface area contributed by atoms with Crippen molar-refractivity contribution in [2.75, 3.05) is 12.4 Å². The van der Waals surface area contributed by atoms with Crippen molar-refractivity contribution in [1.82, 2.24) is 0 Å². The molecule has 4 nitrogen and oxygen atoms in total. The van der Waals surface area contributed by atoms with Crippen LogP contribution in [0.4, 0.5) is 5.69 Å². The smallest absolute Gasteiger partial charge is 0.338 e. The van der Waals surface area contributed by atoms with Gasteiger partial charge in [-0.1, -0.05) is 35.3 Å². The van der Waals surface area contributed by atoms with Gasteiger partial charge < -0.3 is 10.1 Å². The standard InChI is InChI=1S/C16H13Cl2NO3/c1-9-10(16(21)22-2)5-4-8-13(9)19-15(20)11-6-3-7-12(17)14(11)18/h3-8H,1-2H3,(H,19,20). The summed E-state index contributed by atoms with van der Waals surface area (Å²) in [7, 11) is 1.30. The maximum absolute atomic E-state index is 12.3. The molecule has 0 saturated carbocycles. The SMILES string of the molecule is COC(=O)c1cccc(NC(=O)c2cccc(Cl)c2Cl)c1C. The van der Waals surface area contributed by atoms with Crippen LogP contribution in [0.1, 0.15) is 26.3 Å². The highest BCUT2D eigenvalue weighted by atomic mass is 35.5. The van der Waals surface area contributed by atoms with E-state index < -0.39 is 11.9 Å². The Hall–Kier alpha value is -2.04. The molecule has 1 N–H and O–H groups in total. The van der Waals surface area contributed by atoms with Crippen LogP contribution in [0.15, 0.2) is 36.4 Å². The third-order valence-electron chi connectivity index (χ3n) is 3.18. The van der Waals surface area contributed by atoms with Crippen LogP contribution in [-0.2, 0) is 4.74 Å². The van der Waals surface area contributed by atoms with Crippen LogP contribution in [-0.4, -0.2) is 19.0 Å². The van der Waals surface area contributed by atoms with Gasteiger partial charge in [0.1, 0.15) is 0 Å². The number of hydrogen-bond donors (Lipinski definition) is 1.